The second-order valence-corrected chi connectivity index (χ2v) is 5.05. The summed E-state index contributed by atoms with van der Waals surface area (Å²) >= 11 is 0. The number of carbonyl (C=O) groups is 1. The fourth-order valence-electron chi connectivity index (χ4n) is 2.50. The Morgan fingerprint density at radius 1 is 1.42 bits per heavy atom. The highest BCUT2D eigenvalue weighted by molar-refractivity contribution is 5.91. The van der Waals surface area contributed by atoms with Crippen molar-refractivity contribution < 1.29 is 4.79 Å². The van der Waals surface area contributed by atoms with Crippen molar-refractivity contribution in [2.24, 2.45) is 5.92 Å². The van der Waals surface area contributed by atoms with E-state index in [1.807, 2.05) is 24.3 Å². The molecule has 19 heavy (non-hydrogen) atoms. The maximum atomic E-state index is 11.9. The molecule has 5 nitrogen and oxygen atoms in total. The van der Waals surface area contributed by atoms with Crippen LogP contribution in [-0.2, 0) is 4.79 Å². The highest BCUT2D eigenvalue weighted by atomic mass is 16.1. The minimum Gasteiger partial charge on any atom is -0.324 e. The van der Waals surface area contributed by atoms with E-state index in [-0.39, 0.29) is 5.91 Å². The molecular weight excluding hydrogens is 240 g/mol. The van der Waals surface area contributed by atoms with Gasteiger partial charge in [0.05, 0.1) is 11.0 Å². The van der Waals surface area contributed by atoms with Crippen LogP contribution in [0.25, 0.3) is 11.0 Å². The van der Waals surface area contributed by atoms with Crippen LogP contribution in [0.15, 0.2) is 24.3 Å². The minimum absolute atomic E-state index is 0.0333. The molecule has 1 saturated heterocycles. The molecule has 1 aliphatic rings. The number of rotatable bonds is 4. The van der Waals surface area contributed by atoms with E-state index in [1.165, 1.54) is 6.42 Å². The first-order chi connectivity index (χ1) is 9.31. The Balaban J connectivity index is 1.56. The van der Waals surface area contributed by atoms with Gasteiger partial charge in [-0.3, -0.25) is 10.1 Å². The van der Waals surface area contributed by atoms with Gasteiger partial charge in [-0.25, -0.2) is 4.98 Å². The number of nitrogens with zero attached hydrogens (tertiary/aromatic N) is 1. The first-order valence-corrected chi connectivity index (χ1v) is 6.76. The van der Waals surface area contributed by atoms with Crippen LogP contribution in [0.1, 0.15) is 19.3 Å². The summed E-state index contributed by atoms with van der Waals surface area (Å²) in [7, 11) is 0. The SMILES string of the molecule is O=C(CCC1CCNC1)Nc1nc2ccccc2[nH]1. The summed E-state index contributed by atoms with van der Waals surface area (Å²) in [5, 5.41) is 6.14. The molecule has 2 aromatic rings. The zero-order valence-corrected chi connectivity index (χ0v) is 10.8. The van der Waals surface area contributed by atoms with Crippen LogP contribution in [0, 0.1) is 5.92 Å². The Kier molecular flexibility index (Phi) is 3.46. The summed E-state index contributed by atoms with van der Waals surface area (Å²) in [5.74, 6) is 1.21. The molecule has 3 rings (SSSR count). The largest absolute Gasteiger partial charge is 0.324 e. The van der Waals surface area contributed by atoms with E-state index in [0.29, 0.717) is 18.3 Å². The summed E-state index contributed by atoms with van der Waals surface area (Å²) in [6, 6.07) is 7.74. The van der Waals surface area contributed by atoms with Gasteiger partial charge in [-0.05, 0) is 44.0 Å². The van der Waals surface area contributed by atoms with E-state index in [9.17, 15) is 4.79 Å². The van der Waals surface area contributed by atoms with Crippen molar-refractivity contribution in [3.05, 3.63) is 24.3 Å². The van der Waals surface area contributed by atoms with Crippen LogP contribution < -0.4 is 10.6 Å². The molecule has 100 valence electrons. The predicted molar refractivity (Wildman–Crippen MR) is 74.9 cm³/mol. The molecule has 0 bridgehead atoms. The van der Waals surface area contributed by atoms with Crippen molar-refractivity contribution in [2.75, 3.05) is 18.4 Å². The summed E-state index contributed by atoms with van der Waals surface area (Å²) < 4.78 is 0. The first-order valence-electron chi connectivity index (χ1n) is 6.76. The second-order valence-electron chi connectivity index (χ2n) is 5.05. The third kappa shape index (κ3) is 2.93. The van der Waals surface area contributed by atoms with Crippen molar-refractivity contribution in [3.8, 4) is 0 Å². The number of aromatic amines is 1. The number of fused-ring (bicyclic) bond motifs is 1. The Hall–Kier alpha value is -1.88. The summed E-state index contributed by atoms with van der Waals surface area (Å²) in [5.41, 5.74) is 1.82. The zero-order valence-electron chi connectivity index (χ0n) is 10.8. The van der Waals surface area contributed by atoms with Gasteiger partial charge in [-0.1, -0.05) is 12.1 Å². The molecule has 5 heteroatoms. The number of anilines is 1. The Labute approximate surface area is 111 Å². The predicted octanol–water partition coefficient (Wildman–Crippen LogP) is 1.89. The molecule has 1 aliphatic heterocycles. The first kappa shape index (κ1) is 12.2. The number of carbonyl (C=O) groups excluding carboxylic acids is 1. The number of H-pyrrole nitrogens is 1. The van der Waals surface area contributed by atoms with Crippen molar-refractivity contribution in [2.45, 2.75) is 19.3 Å². The lowest BCUT2D eigenvalue weighted by molar-refractivity contribution is -0.116. The molecule has 1 unspecified atom stereocenters. The van der Waals surface area contributed by atoms with E-state index in [2.05, 4.69) is 20.6 Å². The standard InChI is InChI=1S/C14H18N4O/c19-13(6-5-10-7-8-15-9-10)18-14-16-11-3-1-2-4-12(11)17-14/h1-4,10,15H,5-9H2,(H2,16,17,18,19). The van der Waals surface area contributed by atoms with E-state index < -0.39 is 0 Å². The molecule has 0 aliphatic carbocycles. The Morgan fingerprint density at radius 3 is 3.11 bits per heavy atom. The summed E-state index contributed by atoms with van der Waals surface area (Å²) in [6.45, 7) is 2.12. The number of hydrogen-bond donors (Lipinski definition) is 3. The lowest BCUT2D eigenvalue weighted by atomic mass is 10.0. The van der Waals surface area contributed by atoms with E-state index in [4.69, 9.17) is 0 Å². The molecule has 0 saturated carbocycles. The van der Waals surface area contributed by atoms with E-state index in [0.717, 1.165) is 30.5 Å². The van der Waals surface area contributed by atoms with Gasteiger partial charge in [-0.2, -0.15) is 0 Å². The van der Waals surface area contributed by atoms with Gasteiger partial charge in [0.25, 0.3) is 0 Å². The summed E-state index contributed by atoms with van der Waals surface area (Å²) in [6.07, 6.45) is 2.68. The summed E-state index contributed by atoms with van der Waals surface area (Å²) in [4.78, 5) is 19.3. The smallest absolute Gasteiger partial charge is 0.226 e. The topological polar surface area (TPSA) is 69.8 Å². The molecule has 1 atom stereocenters. The fraction of sp³-hybridized carbons (Fsp3) is 0.429. The van der Waals surface area contributed by atoms with Crippen LogP contribution in [0.3, 0.4) is 0 Å². The van der Waals surface area contributed by atoms with Crippen LogP contribution in [0.2, 0.25) is 0 Å². The molecule has 2 heterocycles. The lowest BCUT2D eigenvalue weighted by Gasteiger charge is -2.06. The zero-order chi connectivity index (χ0) is 13.1. The van der Waals surface area contributed by atoms with Gasteiger partial charge in [0, 0.05) is 6.42 Å². The lowest BCUT2D eigenvalue weighted by Crippen LogP contribution is -2.15. The number of hydrogen-bond acceptors (Lipinski definition) is 3. The van der Waals surface area contributed by atoms with E-state index >= 15 is 0 Å². The molecule has 1 fully saturated rings. The maximum Gasteiger partial charge on any atom is 0.226 e. The minimum atomic E-state index is 0.0333. The molecule has 0 radical (unpaired) electrons. The average Bonchev–Trinajstić information content (AvgIpc) is 3.04. The van der Waals surface area contributed by atoms with E-state index in [1.54, 1.807) is 0 Å². The van der Waals surface area contributed by atoms with Crippen LogP contribution in [0.5, 0.6) is 0 Å². The second kappa shape index (κ2) is 5.40. The number of para-hydroxylation sites is 2. The monoisotopic (exact) mass is 258 g/mol. The van der Waals surface area contributed by atoms with Gasteiger partial charge in [0.1, 0.15) is 0 Å². The maximum absolute atomic E-state index is 11.9. The van der Waals surface area contributed by atoms with Gasteiger partial charge in [0.2, 0.25) is 11.9 Å². The van der Waals surface area contributed by atoms with Crippen molar-refractivity contribution >= 4 is 22.9 Å². The number of amides is 1. The third-order valence-electron chi connectivity index (χ3n) is 3.59. The van der Waals surface area contributed by atoms with Crippen LogP contribution in [-0.4, -0.2) is 29.0 Å². The number of aromatic nitrogens is 2. The fourth-order valence-corrected chi connectivity index (χ4v) is 2.50. The normalized spacial score (nSPS) is 18.8. The highest BCUT2D eigenvalue weighted by Crippen LogP contribution is 2.16. The molecule has 1 amide bonds. The molecular formula is C14H18N4O. The number of benzene rings is 1. The molecule has 0 spiro atoms. The van der Waals surface area contributed by atoms with Gasteiger partial charge >= 0.3 is 0 Å². The quantitative estimate of drug-likeness (QED) is 0.784. The molecule has 1 aromatic carbocycles. The number of imidazole rings is 1. The van der Waals surface area contributed by atoms with Crippen molar-refractivity contribution in [1.29, 1.82) is 0 Å². The Morgan fingerprint density at radius 2 is 2.32 bits per heavy atom. The third-order valence-corrected chi connectivity index (χ3v) is 3.59. The van der Waals surface area contributed by atoms with Gasteiger partial charge in [0.15, 0.2) is 0 Å². The van der Waals surface area contributed by atoms with Gasteiger partial charge in [-0.15, -0.1) is 0 Å². The number of nitrogens with one attached hydrogen (secondary N) is 3. The van der Waals surface area contributed by atoms with Crippen LogP contribution >= 0.6 is 0 Å². The van der Waals surface area contributed by atoms with Crippen molar-refractivity contribution in [3.63, 3.8) is 0 Å². The van der Waals surface area contributed by atoms with Crippen molar-refractivity contribution in [1.82, 2.24) is 15.3 Å². The average molecular weight is 258 g/mol. The molecule has 3 N–H and O–H groups in total. The van der Waals surface area contributed by atoms with Crippen LogP contribution in [0.4, 0.5) is 5.95 Å². The highest BCUT2D eigenvalue weighted by Gasteiger charge is 2.16. The molecule has 1 aromatic heterocycles. The van der Waals surface area contributed by atoms with Gasteiger partial charge < -0.3 is 10.3 Å². The Bertz CT molecular complexity index is 539.